The van der Waals surface area contributed by atoms with Gasteiger partial charge < -0.3 is 10.2 Å². The lowest BCUT2D eigenvalue weighted by Gasteiger charge is -2.30. The van der Waals surface area contributed by atoms with E-state index in [0.29, 0.717) is 12.8 Å². The highest BCUT2D eigenvalue weighted by atomic mass is 16.2. The lowest BCUT2D eigenvalue weighted by atomic mass is 9.74. The third kappa shape index (κ3) is 3.00. The van der Waals surface area contributed by atoms with Gasteiger partial charge in [-0.1, -0.05) is 19.3 Å². The third-order valence-corrected chi connectivity index (χ3v) is 3.51. The number of amides is 2. The highest BCUT2D eigenvalue weighted by Crippen LogP contribution is 2.35. The van der Waals surface area contributed by atoms with Crippen LogP contribution in [-0.4, -0.2) is 36.9 Å². The largest absolute Gasteiger partial charge is 0.347 e. The zero-order chi connectivity index (χ0) is 13.8. The highest BCUT2D eigenvalue weighted by molar-refractivity contribution is 5.91. The van der Waals surface area contributed by atoms with Gasteiger partial charge in [-0.3, -0.25) is 9.59 Å². The van der Waals surface area contributed by atoms with Crippen LogP contribution >= 0.6 is 0 Å². The molecule has 1 rings (SSSR count). The van der Waals surface area contributed by atoms with Crippen LogP contribution in [0.1, 0.15) is 39.0 Å². The second-order valence-electron chi connectivity index (χ2n) is 5.18. The summed E-state index contributed by atoms with van der Waals surface area (Å²) in [7, 11) is 3.29. The standard InChI is InChI=1S/C13H21N3O2/c1-10(11(17)16(2)3)15-12(18)13(9-14)7-5-4-6-8-13/h10H,4-8H2,1-3H3,(H,15,18)/t10-/m1/s1. The Bertz CT molecular complexity index is 365. The molecule has 0 aromatic rings. The van der Waals surface area contributed by atoms with E-state index in [9.17, 15) is 14.9 Å². The molecule has 1 aliphatic carbocycles. The first-order valence-electron chi connectivity index (χ1n) is 6.36. The van der Waals surface area contributed by atoms with Crippen molar-refractivity contribution in [3.63, 3.8) is 0 Å². The van der Waals surface area contributed by atoms with E-state index in [0.717, 1.165) is 19.3 Å². The zero-order valence-electron chi connectivity index (χ0n) is 11.3. The summed E-state index contributed by atoms with van der Waals surface area (Å²) in [4.78, 5) is 25.3. The van der Waals surface area contributed by atoms with Crippen molar-refractivity contribution in [2.45, 2.75) is 45.1 Å². The van der Waals surface area contributed by atoms with Gasteiger partial charge in [0.05, 0.1) is 6.07 Å². The fourth-order valence-electron chi connectivity index (χ4n) is 2.33. The van der Waals surface area contributed by atoms with Gasteiger partial charge in [-0.2, -0.15) is 5.26 Å². The highest BCUT2D eigenvalue weighted by Gasteiger charge is 2.40. The predicted molar refractivity (Wildman–Crippen MR) is 67.4 cm³/mol. The summed E-state index contributed by atoms with van der Waals surface area (Å²) in [6.45, 7) is 1.65. The molecule has 100 valence electrons. The molecule has 0 saturated heterocycles. The van der Waals surface area contributed by atoms with Crippen molar-refractivity contribution in [2.75, 3.05) is 14.1 Å². The minimum Gasteiger partial charge on any atom is -0.347 e. The molecule has 1 N–H and O–H groups in total. The normalized spacial score (nSPS) is 19.4. The number of nitrogens with one attached hydrogen (secondary N) is 1. The lowest BCUT2D eigenvalue weighted by molar-refractivity contribution is -0.137. The topological polar surface area (TPSA) is 73.2 Å². The van der Waals surface area contributed by atoms with Gasteiger partial charge in [-0.15, -0.1) is 0 Å². The van der Waals surface area contributed by atoms with E-state index in [-0.39, 0.29) is 11.8 Å². The molecule has 2 amide bonds. The fraction of sp³-hybridized carbons (Fsp3) is 0.769. The van der Waals surface area contributed by atoms with Gasteiger partial charge in [0.25, 0.3) is 0 Å². The molecule has 5 nitrogen and oxygen atoms in total. The molecule has 0 heterocycles. The quantitative estimate of drug-likeness (QED) is 0.815. The minimum atomic E-state index is -0.931. The first kappa shape index (κ1) is 14.5. The van der Waals surface area contributed by atoms with Crippen molar-refractivity contribution in [3.8, 4) is 6.07 Å². The Hall–Kier alpha value is -1.57. The zero-order valence-corrected chi connectivity index (χ0v) is 11.3. The molecule has 0 bridgehead atoms. The summed E-state index contributed by atoms with van der Waals surface area (Å²) in [5.41, 5.74) is -0.931. The number of hydrogen-bond donors (Lipinski definition) is 1. The van der Waals surface area contributed by atoms with E-state index in [4.69, 9.17) is 0 Å². The van der Waals surface area contributed by atoms with E-state index in [2.05, 4.69) is 11.4 Å². The summed E-state index contributed by atoms with van der Waals surface area (Å²) >= 11 is 0. The van der Waals surface area contributed by atoms with Crippen molar-refractivity contribution in [1.82, 2.24) is 10.2 Å². The number of likely N-dealkylation sites (N-methyl/N-ethyl adjacent to an activating group) is 1. The number of hydrogen-bond acceptors (Lipinski definition) is 3. The minimum absolute atomic E-state index is 0.160. The molecule has 1 atom stereocenters. The monoisotopic (exact) mass is 251 g/mol. The number of rotatable bonds is 3. The van der Waals surface area contributed by atoms with Crippen LogP contribution in [0.4, 0.5) is 0 Å². The van der Waals surface area contributed by atoms with E-state index < -0.39 is 11.5 Å². The maximum atomic E-state index is 12.2. The SMILES string of the molecule is C[C@@H](NC(=O)C1(C#N)CCCCC1)C(=O)N(C)C. The van der Waals surface area contributed by atoms with E-state index in [1.165, 1.54) is 4.90 Å². The molecule has 1 aliphatic rings. The fourth-order valence-corrected chi connectivity index (χ4v) is 2.33. The molecular weight excluding hydrogens is 230 g/mol. The van der Waals surface area contributed by atoms with Crippen LogP contribution in [0.2, 0.25) is 0 Å². The summed E-state index contributed by atoms with van der Waals surface area (Å²) in [6, 6.07) is 1.57. The van der Waals surface area contributed by atoms with Crippen molar-refractivity contribution < 1.29 is 9.59 Å². The smallest absolute Gasteiger partial charge is 0.244 e. The third-order valence-electron chi connectivity index (χ3n) is 3.51. The Morgan fingerprint density at radius 1 is 1.28 bits per heavy atom. The van der Waals surface area contributed by atoms with Gasteiger partial charge in [0.2, 0.25) is 11.8 Å². The van der Waals surface area contributed by atoms with E-state index >= 15 is 0 Å². The van der Waals surface area contributed by atoms with Gasteiger partial charge in [-0.25, -0.2) is 0 Å². The van der Waals surface area contributed by atoms with Crippen LogP contribution in [0.3, 0.4) is 0 Å². The summed E-state index contributed by atoms with van der Waals surface area (Å²) in [6.07, 6.45) is 4.06. The van der Waals surface area contributed by atoms with Crippen molar-refractivity contribution in [2.24, 2.45) is 5.41 Å². The molecule has 0 aromatic carbocycles. The number of nitriles is 1. The van der Waals surface area contributed by atoms with Gasteiger partial charge in [0.1, 0.15) is 11.5 Å². The number of nitrogens with zero attached hydrogens (tertiary/aromatic N) is 2. The first-order valence-corrected chi connectivity index (χ1v) is 6.36. The van der Waals surface area contributed by atoms with E-state index in [1.807, 2.05) is 0 Å². The van der Waals surface area contributed by atoms with Crippen LogP contribution in [-0.2, 0) is 9.59 Å². The summed E-state index contributed by atoms with van der Waals surface area (Å²) < 4.78 is 0. The Kier molecular flexibility index (Phi) is 4.71. The van der Waals surface area contributed by atoms with Crippen LogP contribution in [0, 0.1) is 16.7 Å². The summed E-state index contributed by atoms with van der Waals surface area (Å²) in [5.74, 6) is -0.459. The molecule has 0 radical (unpaired) electrons. The van der Waals surface area contributed by atoms with Crippen LogP contribution in [0.5, 0.6) is 0 Å². The molecule has 5 heteroatoms. The molecule has 1 saturated carbocycles. The molecule has 1 fully saturated rings. The second-order valence-corrected chi connectivity index (χ2v) is 5.18. The van der Waals surface area contributed by atoms with E-state index in [1.54, 1.807) is 21.0 Å². The average Bonchev–Trinajstić information content (AvgIpc) is 2.38. The van der Waals surface area contributed by atoms with Crippen molar-refractivity contribution in [1.29, 1.82) is 5.26 Å². The Balaban J connectivity index is 2.69. The number of carbonyl (C=O) groups is 2. The van der Waals surface area contributed by atoms with Crippen molar-refractivity contribution in [3.05, 3.63) is 0 Å². The molecule has 0 aliphatic heterocycles. The predicted octanol–water partition coefficient (Wildman–Crippen LogP) is 1.05. The Morgan fingerprint density at radius 2 is 1.83 bits per heavy atom. The molecule has 18 heavy (non-hydrogen) atoms. The molecule has 0 spiro atoms. The summed E-state index contributed by atoms with van der Waals surface area (Å²) in [5, 5.41) is 11.9. The second kappa shape index (κ2) is 5.85. The molecular formula is C13H21N3O2. The van der Waals surface area contributed by atoms with Gasteiger partial charge >= 0.3 is 0 Å². The van der Waals surface area contributed by atoms with Crippen molar-refractivity contribution >= 4 is 11.8 Å². The maximum Gasteiger partial charge on any atom is 0.244 e. The van der Waals surface area contributed by atoms with Crippen LogP contribution in [0.25, 0.3) is 0 Å². The molecule has 0 unspecified atom stereocenters. The van der Waals surface area contributed by atoms with Gasteiger partial charge in [0, 0.05) is 14.1 Å². The average molecular weight is 251 g/mol. The lowest BCUT2D eigenvalue weighted by Crippen LogP contribution is -2.50. The molecule has 0 aromatic heterocycles. The van der Waals surface area contributed by atoms with Crippen LogP contribution < -0.4 is 5.32 Å². The van der Waals surface area contributed by atoms with Gasteiger partial charge in [-0.05, 0) is 19.8 Å². The Labute approximate surface area is 108 Å². The first-order chi connectivity index (χ1) is 8.43. The maximum absolute atomic E-state index is 12.2. The van der Waals surface area contributed by atoms with Crippen LogP contribution in [0.15, 0.2) is 0 Å². The Morgan fingerprint density at radius 3 is 2.28 bits per heavy atom. The number of carbonyl (C=O) groups excluding carboxylic acids is 2. The van der Waals surface area contributed by atoms with Gasteiger partial charge in [0.15, 0.2) is 0 Å².